The number of morpholine rings is 1. The molecule has 3 heterocycles. The van der Waals surface area contributed by atoms with E-state index >= 15 is 0 Å². The van der Waals surface area contributed by atoms with E-state index in [4.69, 9.17) is 4.74 Å². The molecule has 1 fully saturated rings. The molecule has 1 saturated heterocycles. The molecule has 1 unspecified atom stereocenters. The van der Waals surface area contributed by atoms with Crippen molar-refractivity contribution in [2.24, 2.45) is 0 Å². The second-order valence-corrected chi connectivity index (χ2v) is 4.49. The molecule has 1 aliphatic heterocycles. The van der Waals surface area contributed by atoms with Crippen LogP contribution in [-0.2, 0) is 4.74 Å². The topological polar surface area (TPSA) is 74.9 Å². The van der Waals surface area contributed by atoms with Crippen molar-refractivity contribution >= 4 is 5.82 Å². The molecule has 0 aliphatic carbocycles. The number of hydrogen-bond acceptors (Lipinski definition) is 5. The number of H-pyrrole nitrogens is 1. The normalized spacial score (nSPS) is 19.3. The van der Waals surface area contributed by atoms with E-state index in [-0.39, 0.29) is 0 Å². The highest BCUT2D eigenvalue weighted by Crippen LogP contribution is 2.14. The van der Waals surface area contributed by atoms with Crippen molar-refractivity contribution in [2.45, 2.75) is 6.04 Å². The van der Waals surface area contributed by atoms with Crippen LogP contribution in [0.1, 0.15) is 0 Å². The van der Waals surface area contributed by atoms with Crippen LogP contribution in [-0.4, -0.2) is 47.5 Å². The van der Waals surface area contributed by atoms with Crippen molar-refractivity contribution in [1.29, 1.82) is 0 Å². The highest BCUT2D eigenvalue weighted by molar-refractivity contribution is 5.54. The Hall–Kier alpha value is -1.92. The van der Waals surface area contributed by atoms with Gasteiger partial charge in [-0.05, 0) is 24.3 Å². The average Bonchev–Trinajstić information content (AvgIpc) is 3.01. The van der Waals surface area contributed by atoms with Crippen LogP contribution >= 0.6 is 0 Å². The van der Waals surface area contributed by atoms with E-state index < -0.39 is 0 Å². The predicted molar refractivity (Wildman–Crippen MR) is 72.9 cm³/mol. The fraction of sp³-hybridized carbons (Fsp3) is 0.385. The number of anilines is 1. The van der Waals surface area contributed by atoms with Gasteiger partial charge in [-0.2, -0.15) is 0 Å². The van der Waals surface area contributed by atoms with Crippen LogP contribution in [0.25, 0.3) is 11.4 Å². The molecule has 0 amide bonds. The van der Waals surface area contributed by atoms with Gasteiger partial charge in [-0.15, -0.1) is 10.2 Å². The summed E-state index contributed by atoms with van der Waals surface area (Å²) in [5.41, 5.74) is 1.82. The summed E-state index contributed by atoms with van der Waals surface area (Å²) in [6.45, 7) is 3.22. The maximum Gasteiger partial charge on any atom is 0.148 e. The summed E-state index contributed by atoms with van der Waals surface area (Å²) in [4.78, 5) is 3.11. The monoisotopic (exact) mass is 259 g/mol. The van der Waals surface area contributed by atoms with Crippen molar-refractivity contribution in [3.63, 3.8) is 0 Å². The first kappa shape index (κ1) is 12.1. The van der Waals surface area contributed by atoms with Gasteiger partial charge in [0.05, 0.1) is 18.9 Å². The summed E-state index contributed by atoms with van der Waals surface area (Å²) in [6.07, 6.45) is 1.87. The lowest BCUT2D eigenvalue weighted by Crippen LogP contribution is -2.45. The third kappa shape index (κ3) is 3.10. The number of nitrogens with zero attached hydrogens (tertiary/aromatic N) is 2. The van der Waals surface area contributed by atoms with E-state index in [1.54, 1.807) is 0 Å². The Kier molecular flexibility index (Phi) is 3.71. The van der Waals surface area contributed by atoms with Crippen LogP contribution in [0, 0.1) is 0 Å². The summed E-state index contributed by atoms with van der Waals surface area (Å²) in [5, 5.41) is 15.0. The summed E-state index contributed by atoms with van der Waals surface area (Å²) >= 11 is 0. The number of aromatic nitrogens is 3. The minimum Gasteiger partial charge on any atom is -0.378 e. The summed E-state index contributed by atoms with van der Waals surface area (Å²) < 4.78 is 5.40. The molecule has 0 aromatic carbocycles. The molecule has 6 heteroatoms. The van der Waals surface area contributed by atoms with E-state index in [1.165, 1.54) is 0 Å². The molecule has 1 aliphatic rings. The summed E-state index contributed by atoms with van der Waals surface area (Å²) in [7, 11) is 0. The first-order valence-electron chi connectivity index (χ1n) is 6.44. The lowest BCUT2D eigenvalue weighted by Gasteiger charge is -2.23. The third-order valence-corrected chi connectivity index (χ3v) is 3.07. The zero-order valence-corrected chi connectivity index (χ0v) is 10.6. The van der Waals surface area contributed by atoms with Crippen molar-refractivity contribution in [1.82, 2.24) is 20.5 Å². The largest absolute Gasteiger partial charge is 0.378 e. The highest BCUT2D eigenvalue weighted by atomic mass is 16.5. The molecule has 3 rings (SSSR count). The van der Waals surface area contributed by atoms with Gasteiger partial charge in [-0.3, -0.25) is 0 Å². The zero-order valence-electron chi connectivity index (χ0n) is 10.6. The number of aromatic amines is 1. The third-order valence-electron chi connectivity index (χ3n) is 3.07. The number of hydrogen-bond donors (Lipinski definition) is 3. The summed E-state index contributed by atoms with van der Waals surface area (Å²) in [5.74, 6) is 0.780. The van der Waals surface area contributed by atoms with Gasteiger partial charge in [0.1, 0.15) is 11.5 Å². The first-order valence-corrected chi connectivity index (χ1v) is 6.44. The van der Waals surface area contributed by atoms with Crippen LogP contribution < -0.4 is 10.6 Å². The Morgan fingerprint density at radius 1 is 1.32 bits per heavy atom. The van der Waals surface area contributed by atoms with Crippen molar-refractivity contribution in [2.75, 3.05) is 31.6 Å². The van der Waals surface area contributed by atoms with Gasteiger partial charge in [0.2, 0.25) is 0 Å². The first-order chi connectivity index (χ1) is 9.42. The Labute approximate surface area is 111 Å². The summed E-state index contributed by atoms with van der Waals surface area (Å²) in [6, 6.07) is 8.13. The van der Waals surface area contributed by atoms with Gasteiger partial charge in [-0.25, -0.2) is 0 Å². The Bertz CT molecular complexity index is 490. The molecular weight excluding hydrogens is 242 g/mol. The van der Waals surface area contributed by atoms with Crippen molar-refractivity contribution in [3.05, 3.63) is 30.5 Å². The van der Waals surface area contributed by atoms with Crippen molar-refractivity contribution in [3.8, 4) is 11.4 Å². The van der Waals surface area contributed by atoms with E-state index in [0.717, 1.165) is 43.5 Å². The van der Waals surface area contributed by atoms with E-state index in [1.807, 2.05) is 30.5 Å². The molecule has 0 saturated carbocycles. The molecule has 6 nitrogen and oxygen atoms in total. The second-order valence-electron chi connectivity index (χ2n) is 4.49. The average molecular weight is 259 g/mol. The van der Waals surface area contributed by atoms with E-state index in [2.05, 4.69) is 25.8 Å². The fourth-order valence-corrected chi connectivity index (χ4v) is 2.04. The molecule has 100 valence electrons. The van der Waals surface area contributed by atoms with Crippen LogP contribution in [0.15, 0.2) is 30.5 Å². The van der Waals surface area contributed by atoms with Crippen LogP contribution in [0.3, 0.4) is 0 Å². The lowest BCUT2D eigenvalue weighted by molar-refractivity contribution is 0.0806. The van der Waals surface area contributed by atoms with Gasteiger partial charge in [0, 0.05) is 25.3 Å². The second kappa shape index (κ2) is 5.81. The predicted octanol–water partition coefficient (Wildman–Crippen LogP) is 0.872. The van der Waals surface area contributed by atoms with Gasteiger partial charge >= 0.3 is 0 Å². The quantitative estimate of drug-likeness (QED) is 0.759. The molecule has 0 spiro atoms. The highest BCUT2D eigenvalue weighted by Gasteiger charge is 2.12. The van der Waals surface area contributed by atoms with Crippen molar-refractivity contribution < 1.29 is 4.74 Å². The maximum absolute atomic E-state index is 5.40. The lowest BCUT2D eigenvalue weighted by atomic mass is 10.2. The molecule has 19 heavy (non-hydrogen) atoms. The Morgan fingerprint density at radius 3 is 3.00 bits per heavy atom. The molecular formula is C13H17N5O. The molecule has 1 atom stereocenters. The van der Waals surface area contributed by atoms with Gasteiger partial charge in [0.25, 0.3) is 0 Å². The molecule has 2 aromatic rings. The standard InChI is InChI=1S/C13H17N5O/c1-2-11(15-5-1)12-3-4-13(18-17-12)16-8-10-9-19-7-6-14-10/h1-5,10,14-15H,6-9H2,(H,16,18). The van der Waals surface area contributed by atoms with Crippen LogP contribution in [0.2, 0.25) is 0 Å². The number of rotatable bonds is 4. The SMILES string of the molecule is c1c[nH]c(-c2ccc(NCC3COCCN3)nn2)c1. The number of ether oxygens (including phenoxy) is 1. The van der Waals surface area contributed by atoms with Gasteiger partial charge in [-0.1, -0.05) is 0 Å². The Balaban J connectivity index is 1.57. The minimum absolute atomic E-state index is 0.332. The number of nitrogens with one attached hydrogen (secondary N) is 3. The fourth-order valence-electron chi connectivity index (χ4n) is 2.04. The molecule has 3 N–H and O–H groups in total. The zero-order chi connectivity index (χ0) is 12.9. The molecule has 0 bridgehead atoms. The Morgan fingerprint density at radius 2 is 2.32 bits per heavy atom. The molecule has 0 radical (unpaired) electrons. The van der Waals surface area contributed by atoms with E-state index in [0.29, 0.717) is 6.04 Å². The van der Waals surface area contributed by atoms with E-state index in [9.17, 15) is 0 Å². The van der Waals surface area contributed by atoms with Gasteiger partial charge in [0.15, 0.2) is 0 Å². The van der Waals surface area contributed by atoms with Gasteiger partial charge < -0.3 is 20.4 Å². The minimum atomic E-state index is 0.332. The maximum atomic E-state index is 5.40. The molecule has 2 aromatic heterocycles. The van der Waals surface area contributed by atoms with Crippen LogP contribution in [0.5, 0.6) is 0 Å². The van der Waals surface area contributed by atoms with Crippen LogP contribution in [0.4, 0.5) is 5.82 Å². The smallest absolute Gasteiger partial charge is 0.148 e.